The Morgan fingerprint density at radius 1 is 1.14 bits per heavy atom. The molecule has 1 saturated heterocycles. The van der Waals surface area contributed by atoms with Crippen molar-refractivity contribution < 1.29 is 19.1 Å². The predicted molar refractivity (Wildman–Crippen MR) is 172 cm³/mol. The number of imidazole rings is 1. The number of esters is 1. The lowest BCUT2D eigenvalue weighted by Crippen LogP contribution is -2.43. The van der Waals surface area contributed by atoms with E-state index in [2.05, 4.69) is 16.0 Å². The monoisotopic (exact) mass is 607 g/mol. The van der Waals surface area contributed by atoms with Gasteiger partial charge in [0.2, 0.25) is 0 Å². The Labute approximate surface area is 260 Å². The fourth-order valence-corrected chi connectivity index (χ4v) is 5.77. The average Bonchev–Trinajstić information content (AvgIpc) is 3.27. The van der Waals surface area contributed by atoms with Gasteiger partial charge in [-0.05, 0) is 90.0 Å². The van der Waals surface area contributed by atoms with Gasteiger partial charge in [0, 0.05) is 50.6 Å². The molecule has 0 spiro atoms. The van der Waals surface area contributed by atoms with Crippen molar-refractivity contribution in [1.29, 1.82) is 0 Å². The second-order valence-electron chi connectivity index (χ2n) is 13.7. The van der Waals surface area contributed by atoms with Crippen LogP contribution in [0.4, 0.5) is 4.79 Å². The van der Waals surface area contributed by atoms with Crippen LogP contribution < -0.4 is 10.9 Å². The van der Waals surface area contributed by atoms with Crippen molar-refractivity contribution in [3.63, 3.8) is 0 Å². The molecule has 1 aliphatic rings. The highest BCUT2D eigenvalue weighted by atomic mass is 16.6. The van der Waals surface area contributed by atoms with E-state index >= 15 is 0 Å². The number of nitrogens with zero attached hydrogens (tertiary/aromatic N) is 4. The van der Waals surface area contributed by atoms with Crippen LogP contribution in [-0.2, 0) is 34.4 Å². The maximum Gasteiger partial charge on any atom is 0.410 e. The van der Waals surface area contributed by atoms with Crippen LogP contribution in [0.5, 0.6) is 0 Å². The van der Waals surface area contributed by atoms with E-state index < -0.39 is 11.6 Å². The summed E-state index contributed by atoms with van der Waals surface area (Å²) in [5, 5.41) is 3.40. The summed E-state index contributed by atoms with van der Waals surface area (Å²) in [6.07, 6.45) is 3.23. The lowest BCUT2D eigenvalue weighted by molar-refractivity contribution is -0.151. The Balaban J connectivity index is 1.69. The van der Waals surface area contributed by atoms with Gasteiger partial charge in [0.25, 0.3) is 5.56 Å². The number of ether oxygens (including phenoxy) is 2. The summed E-state index contributed by atoms with van der Waals surface area (Å²) in [5.74, 6) is 0.785. The highest BCUT2D eigenvalue weighted by molar-refractivity contribution is 5.81. The van der Waals surface area contributed by atoms with Crippen LogP contribution >= 0.6 is 0 Å². The second kappa shape index (κ2) is 13.5. The Bertz CT molecular complexity index is 1520. The number of rotatable bonds is 9. The molecule has 1 amide bonds. The molecule has 0 aliphatic carbocycles. The molecule has 0 saturated carbocycles. The van der Waals surface area contributed by atoms with Gasteiger partial charge >= 0.3 is 12.1 Å². The summed E-state index contributed by atoms with van der Waals surface area (Å²) in [5.41, 5.74) is 3.74. The first-order chi connectivity index (χ1) is 20.6. The molecule has 3 heterocycles. The van der Waals surface area contributed by atoms with Gasteiger partial charge in [0.15, 0.2) is 0 Å². The van der Waals surface area contributed by atoms with Crippen molar-refractivity contribution in [1.82, 2.24) is 24.3 Å². The van der Waals surface area contributed by atoms with Crippen LogP contribution in [-0.4, -0.2) is 61.9 Å². The summed E-state index contributed by atoms with van der Waals surface area (Å²) in [6, 6.07) is 7.62. The van der Waals surface area contributed by atoms with E-state index in [1.54, 1.807) is 11.6 Å². The first-order valence-electron chi connectivity index (χ1n) is 15.7. The lowest BCUT2D eigenvalue weighted by atomic mass is 9.98. The van der Waals surface area contributed by atoms with Gasteiger partial charge in [-0.2, -0.15) is 0 Å². The molecular weight excluding hydrogens is 558 g/mol. The number of benzene rings is 1. The number of nitrogens with one attached hydrogen (secondary N) is 1. The van der Waals surface area contributed by atoms with Crippen LogP contribution in [0.15, 0.2) is 35.3 Å². The number of hydrogen-bond acceptors (Lipinski definition) is 7. The number of carbonyl (C=O) groups is 2. The minimum atomic E-state index is -0.552. The Kier molecular flexibility index (Phi) is 10.2. The van der Waals surface area contributed by atoms with Crippen LogP contribution in [0.3, 0.4) is 0 Å². The molecule has 2 atom stereocenters. The Morgan fingerprint density at radius 2 is 1.86 bits per heavy atom. The maximum absolute atomic E-state index is 12.9. The van der Waals surface area contributed by atoms with Gasteiger partial charge in [-0.3, -0.25) is 9.59 Å². The van der Waals surface area contributed by atoms with Crippen molar-refractivity contribution in [3.8, 4) is 11.4 Å². The van der Waals surface area contributed by atoms with Crippen molar-refractivity contribution in [2.75, 3.05) is 13.1 Å². The number of carbonyl (C=O) groups excluding carboxylic acids is 2. The normalized spacial score (nSPS) is 16.5. The zero-order valence-corrected chi connectivity index (χ0v) is 27.8. The number of pyridine rings is 1. The molecule has 0 radical (unpaired) electrons. The van der Waals surface area contributed by atoms with Crippen LogP contribution in [0, 0.1) is 18.8 Å². The fourth-order valence-electron chi connectivity index (χ4n) is 5.77. The van der Waals surface area contributed by atoms with Crippen molar-refractivity contribution in [2.24, 2.45) is 18.9 Å². The molecule has 10 nitrogen and oxygen atoms in total. The molecule has 1 aliphatic heterocycles. The van der Waals surface area contributed by atoms with E-state index in [0.29, 0.717) is 31.7 Å². The summed E-state index contributed by atoms with van der Waals surface area (Å²) in [4.78, 5) is 45.0. The fraction of sp³-hybridized carbons (Fsp3) is 0.588. The van der Waals surface area contributed by atoms with Gasteiger partial charge < -0.3 is 28.8 Å². The topological polar surface area (TPSA) is 108 Å². The van der Waals surface area contributed by atoms with E-state index in [0.717, 1.165) is 40.8 Å². The van der Waals surface area contributed by atoms with E-state index in [1.165, 1.54) is 0 Å². The van der Waals surface area contributed by atoms with Gasteiger partial charge in [-0.25, -0.2) is 9.78 Å². The second-order valence-corrected chi connectivity index (χ2v) is 13.7. The SMILES string of the molecule is Cc1cc(-c2nc3ccc(CN[C@H](C(=O)OC(C)C)C(C)C)cc3n2C[C@@H]2CCCN(C(=O)OC(C)(C)C)C2)cn(C)c1=O. The number of amides is 1. The van der Waals surface area contributed by atoms with Gasteiger partial charge in [-0.1, -0.05) is 19.9 Å². The van der Waals surface area contributed by atoms with Crippen LogP contribution in [0.1, 0.15) is 72.4 Å². The molecule has 1 aromatic carbocycles. The third kappa shape index (κ3) is 8.08. The third-order valence-corrected chi connectivity index (χ3v) is 7.84. The molecular formula is C34H49N5O5. The Hall–Kier alpha value is -3.66. The molecule has 44 heavy (non-hydrogen) atoms. The largest absolute Gasteiger partial charge is 0.462 e. The minimum absolute atomic E-state index is 0.0410. The average molecular weight is 608 g/mol. The number of aryl methyl sites for hydroxylation is 2. The van der Waals surface area contributed by atoms with Crippen LogP contribution in [0.2, 0.25) is 0 Å². The zero-order chi connectivity index (χ0) is 32.3. The molecule has 2 aromatic heterocycles. The lowest BCUT2D eigenvalue weighted by Gasteiger charge is -2.34. The number of hydrogen-bond donors (Lipinski definition) is 1. The molecule has 1 fully saturated rings. The summed E-state index contributed by atoms with van der Waals surface area (Å²) >= 11 is 0. The number of likely N-dealkylation sites (tertiary alicyclic amines) is 1. The summed E-state index contributed by atoms with van der Waals surface area (Å²) in [7, 11) is 1.75. The zero-order valence-electron chi connectivity index (χ0n) is 27.8. The number of aromatic nitrogens is 3. The van der Waals surface area contributed by atoms with E-state index in [4.69, 9.17) is 14.5 Å². The molecule has 240 valence electrons. The summed E-state index contributed by atoms with van der Waals surface area (Å²) < 4.78 is 15.0. The van der Waals surface area contributed by atoms with Crippen molar-refractivity contribution >= 4 is 23.1 Å². The van der Waals surface area contributed by atoms with Crippen molar-refractivity contribution in [2.45, 2.75) is 99.1 Å². The van der Waals surface area contributed by atoms with Gasteiger partial charge in [-0.15, -0.1) is 0 Å². The van der Waals surface area contributed by atoms with Gasteiger partial charge in [0.05, 0.1) is 17.1 Å². The van der Waals surface area contributed by atoms with E-state index in [1.807, 2.05) is 84.7 Å². The molecule has 0 bridgehead atoms. The van der Waals surface area contributed by atoms with E-state index in [9.17, 15) is 14.4 Å². The van der Waals surface area contributed by atoms with Gasteiger partial charge in [0.1, 0.15) is 17.5 Å². The minimum Gasteiger partial charge on any atom is -0.462 e. The van der Waals surface area contributed by atoms with Crippen LogP contribution in [0.25, 0.3) is 22.4 Å². The highest BCUT2D eigenvalue weighted by Crippen LogP contribution is 2.29. The number of piperidine rings is 1. The predicted octanol–water partition coefficient (Wildman–Crippen LogP) is 5.42. The quantitative estimate of drug-likeness (QED) is 0.324. The van der Waals surface area contributed by atoms with Crippen molar-refractivity contribution in [3.05, 3.63) is 51.9 Å². The number of fused-ring (bicyclic) bond motifs is 1. The Morgan fingerprint density at radius 3 is 2.50 bits per heavy atom. The molecule has 0 unspecified atom stereocenters. The molecule has 10 heteroatoms. The standard InChI is InChI=1S/C34H49N5O5/c1-21(2)29(32(41)43-22(3)4)35-17-24-12-13-27-28(16-24)39(30(36-27)26-15-23(5)31(40)37(9)20-26)19-25-11-10-14-38(18-25)33(42)44-34(6,7)8/h12-13,15-16,20-22,25,29,35H,10-11,14,17-19H2,1-9H3/t25-,29+/m1/s1. The molecule has 3 aromatic rings. The first kappa shape index (κ1) is 33.2. The maximum atomic E-state index is 12.9. The smallest absolute Gasteiger partial charge is 0.410 e. The first-order valence-corrected chi connectivity index (χ1v) is 15.7. The molecule has 4 rings (SSSR count). The molecule has 1 N–H and O–H groups in total. The highest BCUT2D eigenvalue weighted by Gasteiger charge is 2.29. The van der Waals surface area contributed by atoms with E-state index in [-0.39, 0.29) is 35.6 Å². The summed E-state index contributed by atoms with van der Waals surface area (Å²) in [6.45, 7) is 17.6. The third-order valence-electron chi connectivity index (χ3n) is 7.84.